The molecule has 0 saturated heterocycles. The van der Waals surface area contributed by atoms with Crippen molar-refractivity contribution in [3.8, 4) is 5.75 Å². The first-order chi connectivity index (χ1) is 17.9. The Hall–Kier alpha value is -3.25. The van der Waals surface area contributed by atoms with Crippen LogP contribution in [-0.4, -0.2) is 41.7 Å². The van der Waals surface area contributed by atoms with Crippen molar-refractivity contribution >= 4 is 23.6 Å². The molecule has 0 radical (unpaired) electrons. The van der Waals surface area contributed by atoms with Gasteiger partial charge in [-0.25, -0.2) is 0 Å². The van der Waals surface area contributed by atoms with Gasteiger partial charge in [0.1, 0.15) is 11.8 Å². The quantitative estimate of drug-likeness (QED) is 0.311. The topological polar surface area (TPSA) is 58.6 Å². The monoisotopic (exact) mass is 518 g/mol. The number of hydrogen-bond acceptors (Lipinski definition) is 4. The van der Waals surface area contributed by atoms with Crippen molar-refractivity contribution in [3.63, 3.8) is 0 Å². The number of methoxy groups -OCH3 is 1. The molecule has 3 rings (SSSR count). The Labute approximate surface area is 225 Å². The predicted molar refractivity (Wildman–Crippen MR) is 153 cm³/mol. The molecule has 5 nitrogen and oxygen atoms in total. The van der Waals surface area contributed by atoms with E-state index >= 15 is 0 Å². The molecule has 2 amide bonds. The number of rotatable bonds is 13. The summed E-state index contributed by atoms with van der Waals surface area (Å²) in [4.78, 5) is 29.0. The highest BCUT2D eigenvalue weighted by atomic mass is 32.2. The summed E-state index contributed by atoms with van der Waals surface area (Å²) in [5, 5.41) is 3.12. The maximum absolute atomic E-state index is 13.7. The predicted octanol–water partition coefficient (Wildman–Crippen LogP) is 5.79. The molecule has 0 spiro atoms. The molecule has 0 heterocycles. The zero-order valence-corrected chi connectivity index (χ0v) is 23.1. The van der Waals surface area contributed by atoms with Crippen molar-refractivity contribution < 1.29 is 14.3 Å². The lowest BCUT2D eigenvalue weighted by Gasteiger charge is -2.32. The Balaban J connectivity index is 1.83. The molecule has 0 aliphatic rings. The third-order valence-corrected chi connectivity index (χ3v) is 7.35. The first kappa shape index (κ1) is 28.3. The maximum Gasteiger partial charge on any atom is 0.243 e. The van der Waals surface area contributed by atoms with Crippen molar-refractivity contribution in [1.29, 1.82) is 0 Å². The van der Waals surface area contributed by atoms with Crippen LogP contribution in [-0.2, 0) is 28.3 Å². The van der Waals surface area contributed by atoms with E-state index in [0.717, 1.165) is 34.4 Å². The second kappa shape index (κ2) is 14.5. The van der Waals surface area contributed by atoms with Gasteiger partial charge in [-0.3, -0.25) is 9.59 Å². The van der Waals surface area contributed by atoms with Gasteiger partial charge in [0.25, 0.3) is 0 Å². The summed E-state index contributed by atoms with van der Waals surface area (Å²) in [6, 6.07) is 25.4. The second-order valence-corrected chi connectivity index (χ2v) is 10.4. The zero-order chi connectivity index (χ0) is 26.6. The lowest BCUT2D eigenvalue weighted by molar-refractivity contribution is -0.139. The summed E-state index contributed by atoms with van der Waals surface area (Å²) in [6.07, 6.45) is 1.29. The van der Waals surface area contributed by atoms with Crippen molar-refractivity contribution in [2.24, 2.45) is 0 Å². The largest absolute Gasteiger partial charge is 0.497 e. The molecule has 2 unspecified atom stereocenters. The van der Waals surface area contributed by atoms with Gasteiger partial charge in [0, 0.05) is 24.8 Å². The summed E-state index contributed by atoms with van der Waals surface area (Å²) < 4.78 is 5.24. The van der Waals surface area contributed by atoms with Gasteiger partial charge in [-0.15, -0.1) is 11.8 Å². The average Bonchev–Trinajstić information content (AvgIpc) is 2.91. The highest BCUT2D eigenvalue weighted by Gasteiger charge is 2.30. The molecule has 6 heteroatoms. The average molecular weight is 519 g/mol. The molecule has 0 bridgehead atoms. The number of nitrogens with zero attached hydrogens (tertiary/aromatic N) is 1. The third kappa shape index (κ3) is 8.97. The van der Waals surface area contributed by atoms with Crippen LogP contribution in [0.15, 0.2) is 78.9 Å². The van der Waals surface area contributed by atoms with Crippen LogP contribution in [0.3, 0.4) is 0 Å². The van der Waals surface area contributed by atoms with E-state index in [1.807, 2.05) is 93.6 Å². The fourth-order valence-corrected chi connectivity index (χ4v) is 4.93. The number of aryl methyl sites for hydroxylation is 1. The van der Waals surface area contributed by atoms with E-state index < -0.39 is 6.04 Å². The van der Waals surface area contributed by atoms with E-state index in [4.69, 9.17) is 4.74 Å². The molecular weight excluding hydrogens is 480 g/mol. The smallest absolute Gasteiger partial charge is 0.243 e. The van der Waals surface area contributed by atoms with E-state index in [-0.39, 0.29) is 17.9 Å². The number of thioether (sulfide) groups is 1. The molecule has 0 aromatic heterocycles. The van der Waals surface area contributed by atoms with Crippen LogP contribution in [0.5, 0.6) is 5.75 Å². The Morgan fingerprint density at radius 3 is 2.30 bits per heavy atom. The number of ether oxygens (including phenoxy) is 1. The van der Waals surface area contributed by atoms with Crippen LogP contribution in [0.25, 0.3) is 0 Å². The van der Waals surface area contributed by atoms with Gasteiger partial charge in [0.2, 0.25) is 11.8 Å². The minimum Gasteiger partial charge on any atom is -0.497 e. The molecule has 37 heavy (non-hydrogen) atoms. The van der Waals surface area contributed by atoms with Crippen molar-refractivity contribution in [1.82, 2.24) is 10.2 Å². The van der Waals surface area contributed by atoms with Crippen LogP contribution >= 0.6 is 11.8 Å². The van der Waals surface area contributed by atoms with Crippen molar-refractivity contribution in [2.75, 3.05) is 12.9 Å². The second-order valence-electron chi connectivity index (χ2n) is 9.37. The van der Waals surface area contributed by atoms with Crippen LogP contribution in [0.4, 0.5) is 0 Å². The van der Waals surface area contributed by atoms with Crippen molar-refractivity contribution in [3.05, 3.63) is 101 Å². The van der Waals surface area contributed by atoms with E-state index in [1.54, 1.807) is 23.8 Å². The molecule has 1 N–H and O–H groups in total. The first-order valence-corrected chi connectivity index (χ1v) is 13.9. The van der Waals surface area contributed by atoms with E-state index in [9.17, 15) is 9.59 Å². The number of hydrogen-bond donors (Lipinski definition) is 1. The van der Waals surface area contributed by atoms with Crippen molar-refractivity contribution in [2.45, 2.75) is 58.0 Å². The molecule has 196 valence electrons. The Morgan fingerprint density at radius 1 is 0.946 bits per heavy atom. The highest BCUT2D eigenvalue weighted by Crippen LogP contribution is 2.20. The molecular formula is C31H38N2O3S. The Bertz CT molecular complexity index is 1130. The molecule has 0 aliphatic heterocycles. The van der Waals surface area contributed by atoms with Gasteiger partial charge in [0.15, 0.2) is 0 Å². The number of carbonyl (C=O) groups is 2. The molecule has 2 atom stereocenters. The number of nitrogens with one attached hydrogen (secondary N) is 1. The van der Waals surface area contributed by atoms with Gasteiger partial charge in [0.05, 0.1) is 12.9 Å². The maximum atomic E-state index is 13.7. The number of amides is 2. The van der Waals surface area contributed by atoms with Gasteiger partial charge in [-0.2, -0.15) is 0 Å². The highest BCUT2D eigenvalue weighted by molar-refractivity contribution is 7.99. The van der Waals surface area contributed by atoms with Gasteiger partial charge >= 0.3 is 0 Å². The van der Waals surface area contributed by atoms with E-state index in [1.165, 1.54) is 0 Å². The first-order valence-electron chi connectivity index (χ1n) is 12.8. The Morgan fingerprint density at radius 2 is 1.65 bits per heavy atom. The SMILES string of the molecule is CCC(C)NC(=O)C(Cc1ccccc1)N(Cc1cccc(C)c1)C(=O)CSCc1ccc(OC)cc1. The summed E-state index contributed by atoms with van der Waals surface area (Å²) >= 11 is 1.56. The summed E-state index contributed by atoms with van der Waals surface area (Å²) in [6.45, 7) is 6.46. The van der Waals surface area contributed by atoms with E-state index in [2.05, 4.69) is 11.4 Å². The molecule has 0 fully saturated rings. The third-order valence-electron chi connectivity index (χ3n) is 6.36. The summed E-state index contributed by atoms with van der Waals surface area (Å²) in [5.74, 6) is 1.65. The van der Waals surface area contributed by atoms with Gasteiger partial charge < -0.3 is 15.0 Å². The Kier molecular flexibility index (Phi) is 11.1. The fourth-order valence-electron chi connectivity index (χ4n) is 4.06. The molecule has 3 aromatic rings. The minimum atomic E-state index is -0.606. The van der Waals surface area contributed by atoms with Crippen LogP contribution in [0, 0.1) is 6.92 Å². The van der Waals surface area contributed by atoms with Crippen LogP contribution in [0.1, 0.15) is 42.5 Å². The van der Waals surface area contributed by atoms with Crippen LogP contribution in [0.2, 0.25) is 0 Å². The fraction of sp³-hybridized carbons (Fsp3) is 0.355. The minimum absolute atomic E-state index is 0.0335. The zero-order valence-electron chi connectivity index (χ0n) is 22.3. The summed E-state index contributed by atoms with van der Waals surface area (Å²) in [5.41, 5.74) is 4.30. The van der Waals surface area contributed by atoms with Gasteiger partial charge in [-0.05, 0) is 49.1 Å². The summed E-state index contributed by atoms with van der Waals surface area (Å²) in [7, 11) is 1.65. The molecule has 0 aliphatic carbocycles. The normalized spacial score (nSPS) is 12.4. The lowest BCUT2D eigenvalue weighted by atomic mass is 10.0. The van der Waals surface area contributed by atoms with Crippen LogP contribution < -0.4 is 10.1 Å². The number of carbonyl (C=O) groups excluding carboxylic acids is 2. The van der Waals surface area contributed by atoms with E-state index in [0.29, 0.717) is 24.5 Å². The number of benzene rings is 3. The van der Waals surface area contributed by atoms with Gasteiger partial charge in [-0.1, -0.05) is 79.2 Å². The standard InChI is InChI=1S/C31H38N2O3S/c1-5-24(3)32-31(35)29(19-25-11-7-6-8-12-25)33(20-27-13-9-10-23(2)18-27)30(34)22-37-21-26-14-16-28(36-4)17-15-26/h6-18,24,29H,5,19-22H2,1-4H3,(H,32,35). The molecule has 0 saturated carbocycles. The molecule has 3 aromatic carbocycles. The lowest BCUT2D eigenvalue weighted by Crippen LogP contribution is -2.52.